The Bertz CT molecular complexity index is 621. The lowest BCUT2D eigenvalue weighted by molar-refractivity contribution is 0.0774. The van der Waals surface area contributed by atoms with Gasteiger partial charge in [0, 0.05) is 26.3 Å². The lowest BCUT2D eigenvalue weighted by Gasteiger charge is -2.29. The Morgan fingerprint density at radius 3 is 2.86 bits per heavy atom. The molecule has 1 fully saturated rings. The van der Waals surface area contributed by atoms with Crippen LogP contribution in [0.3, 0.4) is 0 Å². The minimum Gasteiger partial charge on any atom is -0.467 e. The molecule has 2 aromatic heterocycles. The van der Waals surface area contributed by atoms with Crippen LogP contribution in [0.15, 0.2) is 41.1 Å². The number of pyridine rings is 1. The van der Waals surface area contributed by atoms with Gasteiger partial charge in [0.15, 0.2) is 0 Å². The topological polar surface area (TPSA) is 58.8 Å². The Labute approximate surface area is 129 Å². The predicted molar refractivity (Wildman–Crippen MR) is 81.8 cm³/mol. The predicted octanol–water partition coefficient (Wildman–Crippen LogP) is 1.78. The number of hydrogen-bond donors (Lipinski definition) is 0. The molecule has 0 spiro atoms. The van der Waals surface area contributed by atoms with E-state index in [9.17, 15) is 4.79 Å². The molecule has 6 nitrogen and oxygen atoms in total. The van der Waals surface area contributed by atoms with E-state index in [1.807, 2.05) is 18.2 Å². The fourth-order valence-electron chi connectivity index (χ4n) is 2.50. The SMILES string of the molecule is CN(Cc1ccco1)C(=O)c1cccnc1N1CCOCC1. The highest BCUT2D eigenvalue weighted by atomic mass is 16.5. The van der Waals surface area contributed by atoms with Crippen molar-refractivity contribution in [3.05, 3.63) is 48.0 Å². The Morgan fingerprint density at radius 2 is 2.14 bits per heavy atom. The number of furan rings is 1. The number of aromatic nitrogens is 1. The Hall–Kier alpha value is -2.34. The van der Waals surface area contributed by atoms with E-state index in [1.54, 1.807) is 30.5 Å². The molecule has 22 heavy (non-hydrogen) atoms. The average molecular weight is 301 g/mol. The van der Waals surface area contributed by atoms with Gasteiger partial charge in [-0.05, 0) is 24.3 Å². The first-order valence-electron chi connectivity index (χ1n) is 7.31. The Kier molecular flexibility index (Phi) is 4.39. The van der Waals surface area contributed by atoms with Gasteiger partial charge in [0.2, 0.25) is 0 Å². The number of ether oxygens (including phenoxy) is 1. The molecular formula is C16H19N3O3. The molecular weight excluding hydrogens is 282 g/mol. The van der Waals surface area contributed by atoms with Crippen LogP contribution < -0.4 is 4.90 Å². The van der Waals surface area contributed by atoms with Crippen LogP contribution in [0.1, 0.15) is 16.1 Å². The molecule has 0 aromatic carbocycles. The zero-order valence-electron chi connectivity index (χ0n) is 12.6. The number of carbonyl (C=O) groups excluding carboxylic acids is 1. The smallest absolute Gasteiger partial charge is 0.257 e. The number of carbonyl (C=O) groups is 1. The van der Waals surface area contributed by atoms with E-state index < -0.39 is 0 Å². The van der Waals surface area contributed by atoms with Crippen molar-refractivity contribution in [1.29, 1.82) is 0 Å². The third-order valence-corrected chi connectivity index (χ3v) is 3.65. The summed E-state index contributed by atoms with van der Waals surface area (Å²) in [5.41, 5.74) is 0.610. The summed E-state index contributed by atoms with van der Waals surface area (Å²) in [6.45, 7) is 3.25. The zero-order chi connectivity index (χ0) is 15.4. The summed E-state index contributed by atoms with van der Waals surface area (Å²) < 4.78 is 10.7. The first-order chi connectivity index (χ1) is 10.8. The standard InChI is InChI=1S/C16H19N3O3/c1-18(12-13-4-3-9-22-13)16(20)14-5-2-6-17-15(14)19-7-10-21-11-8-19/h2-6,9H,7-8,10-12H2,1H3. The van der Waals surface area contributed by atoms with Crippen LogP contribution in [0.4, 0.5) is 5.82 Å². The van der Waals surface area contributed by atoms with Gasteiger partial charge >= 0.3 is 0 Å². The van der Waals surface area contributed by atoms with Crippen LogP contribution in [-0.2, 0) is 11.3 Å². The van der Waals surface area contributed by atoms with E-state index in [0.717, 1.165) is 24.7 Å². The highest BCUT2D eigenvalue weighted by Gasteiger charge is 2.22. The number of morpholine rings is 1. The molecule has 0 aliphatic carbocycles. The largest absolute Gasteiger partial charge is 0.467 e. The second-order valence-corrected chi connectivity index (χ2v) is 5.21. The number of hydrogen-bond acceptors (Lipinski definition) is 5. The van der Waals surface area contributed by atoms with Gasteiger partial charge in [0.1, 0.15) is 11.6 Å². The van der Waals surface area contributed by atoms with Crippen LogP contribution >= 0.6 is 0 Å². The first kappa shape index (κ1) is 14.6. The van der Waals surface area contributed by atoms with Crippen molar-refractivity contribution in [1.82, 2.24) is 9.88 Å². The molecule has 1 amide bonds. The lowest BCUT2D eigenvalue weighted by atomic mass is 10.2. The molecule has 1 aliphatic heterocycles. The summed E-state index contributed by atoms with van der Waals surface area (Å²) >= 11 is 0. The van der Waals surface area contributed by atoms with Crippen LogP contribution in [0.5, 0.6) is 0 Å². The normalized spacial score (nSPS) is 14.9. The van der Waals surface area contributed by atoms with Crippen LogP contribution in [0.25, 0.3) is 0 Å². The second-order valence-electron chi connectivity index (χ2n) is 5.21. The molecule has 0 radical (unpaired) electrons. The maximum Gasteiger partial charge on any atom is 0.257 e. The number of amides is 1. The molecule has 3 heterocycles. The zero-order valence-corrected chi connectivity index (χ0v) is 12.6. The molecule has 3 rings (SSSR count). The minimum absolute atomic E-state index is 0.0639. The van der Waals surface area contributed by atoms with E-state index in [0.29, 0.717) is 25.3 Å². The monoisotopic (exact) mass is 301 g/mol. The van der Waals surface area contributed by atoms with Crippen molar-refractivity contribution >= 4 is 11.7 Å². The number of nitrogens with zero attached hydrogens (tertiary/aromatic N) is 3. The summed E-state index contributed by atoms with van der Waals surface area (Å²) in [5, 5.41) is 0. The van der Waals surface area contributed by atoms with Gasteiger partial charge in [0.05, 0.1) is 31.6 Å². The number of anilines is 1. The molecule has 0 unspecified atom stereocenters. The molecule has 0 bridgehead atoms. The van der Waals surface area contributed by atoms with Crippen molar-refractivity contribution in [2.75, 3.05) is 38.3 Å². The van der Waals surface area contributed by atoms with E-state index in [4.69, 9.17) is 9.15 Å². The molecule has 0 N–H and O–H groups in total. The quantitative estimate of drug-likeness (QED) is 0.861. The van der Waals surface area contributed by atoms with E-state index in [-0.39, 0.29) is 5.91 Å². The van der Waals surface area contributed by atoms with Gasteiger partial charge in [-0.15, -0.1) is 0 Å². The van der Waals surface area contributed by atoms with Gasteiger partial charge in [0.25, 0.3) is 5.91 Å². The molecule has 6 heteroatoms. The van der Waals surface area contributed by atoms with Gasteiger partial charge < -0.3 is 19.0 Å². The summed E-state index contributed by atoms with van der Waals surface area (Å²) in [5.74, 6) is 1.42. The van der Waals surface area contributed by atoms with Crippen molar-refractivity contribution in [2.45, 2.75) is 6.54 Å². The summed E-state index contributed by atoms with van der Waals surface area (Å²) in [6, 6.07) is 7.28. The third-order valence-electron chi connectivity index (χ3n) is 3.65. The van der Waals surface area contributed by atoms with Crippen molar-refractivity contribution in [3.8, 4) is 0 Å². The van der Waals surface area contributed by atoms with Gasteiger partial charge in [-0.3, -0.25) is 4.79 Å². The van der Waals surface area contributed by atoms with Crippen molar-refractivity contribution in [3.63, 3.8) is 0 Å². The molecule has 1 aliphatic rings. The molecule has 0 atom stereocenters. The van der Waals surface area contributed by atoms with Crippen LogP contribution in [-0.4, -0.2) is 49.1 Å². The maximum atomic E-state index is 12.7. The molecule has 0 saturated carbocycles. The van der Waals surface area contributed by atoms with Gasteiger partial charge in [-0.1, -0.05) is 0 Å². The molecule has 116 valence electrons. The van der Waals surface area contributed by atoms with E-state index >= 15 is 0 Å². The highest BCUT2D eigenvalue weighted by molar-refractivity contribution is 5.98. The van der Waals surface area contributed by atoms with Crippen LogP contribution in [0, 0.1) is 0 Å². The summed E-state index contributed by atoms with van der Waals surface area (Å²) in [6.07, 6.45) is 3.32. The van der Waals surface area contributed by atoms with Gasteiger partial charge in [-0.25, -0.2) is 4.98 Å². The first-order valence-corrected chi connectivity index (χ1v) is 7.31. The summed E-state index contributed by atoms with van der Waals surface area (Å²) in [4.78, 5) is 20.9. The molecule has 1 saturated heterocycles. The van der Waals surface area contributed by atoms with Gasteiger partial charge in [-0.2, -0.15) is 0 Å². The Balaban J connectivity index is 1.79. The fraction of sp³-hybridized carbons (Fsp3) is 0.375. The molecule has 2 aromatic rings. The highest BCUT2D eigenvalue weighted by Crippen LogP contribution is 2.20. The second kappa shape index (κ2) is 6.62. The van der Waals surface area contributed by atoms with Crippen molar-refractivity contribution in [2.24, 2.45) is 0 Å². The summed E-state index contributed by atoms with van der Waals surface area (Å²) in [7, 11) is 1.76. The van der Waals surface area contributed by atoms with Crippen molar-refractivity contribution < 1.29 is 13.9 Å². The van der Waals surface area contributed by atoms with Crippen LogP contribution in [0.2, 0.25) is 0 Å². The minimum atomic E-state index is -0.0639. The maximum absolute atomic E-state index is 12.7. The third kappa shape index (κ3) is 3.12. The van der Waals surface area contributed by atoms with E-state index in [2.05, 4.69) is 9.88 Å². The Morgan fingerprint density at radius 1 is 1.32 bits per heavy atom. The lowest BCUT2D eigenvalue weighted by Crippen LogP contribution is -2.38. The number of rotatable bonds is 4. The van der Waals surface area contributed by atoms with E-state index in [1.165, 1.54) is 0 Å². The fourth-order valence-corrected chi connectivity index (χ4v) is 2.50. The average Bonchev–Trinajstić information content (AvgIpc) is 3.08.